The summed E-state index contributed by atoms with van der Waals surface area (Å²) in [5.41, 5.74) is 1.13. The van der Waals surface area contributed by atoms with Crippen molar-refractivity contribution in [2.45, 2.75) is 12.6 Å². The molecule has 4 heteroatoms. The Labute approximate surface area is 100 Å². The van der Waals surface area contributed by atoms with Gasteiger partial charge in [-0.1, -0.05) is 18.2 Å². The van der Waals surface area contributed by atoms with E-state index in [9.17, 15) is 5.11 Å². The van der Waals surface area contributed by atoms with Gasteiger partial charge in [0.1, 0.15) is 0 Å². The lowest BCUT2D eigenvalue weighted by Crippen LogP contribution is -2.31. The smallest absolute Gasteiger partial charge is 0.0843 e. The van der Waals surface area contributed by atoms with Crippen molar-refractivity contribution in [1.82, 2.24) is 9.88 Å². The van der Waals surface area contributed by atoms with Gasteiger partial charge in [-0.25, -0.2) is 0 Å². The number of nitrogens with zero attached hydrogens (tertiary/aromatic N) is 1. The van der Waals surface area contributed by atoms with Gasteiger partial charge >= 0.3 is 0 Å². The van der Waals surface area contributed by atoms with Crippen LogP contribution in [-0.4, -0.2) is 40.6 Å². The first-order chi connectivity index (χ1) is 8.31. The molecule has 0 aliphatic carbocycles. The quantitative estimate of drug-likeness (QED) is 0.641. The van der Waals surface area contributed by atoms with Gasteiger partial charge in [-0.2, -0.15) is 0 Å². The fourth-order valence-corrected chi connectivity index (χ4v) is 1.94. The van der Waals surface area contributed by atoms with Crippen LogP contribution in [0.1, 0.15) is 0 Å². The normalized spacial score (nSPS) is 13.1. The number of hydrogen-bond acceptors (Lipinski definition) is 3. The fraction of sp³-hybridized carbons (Fsp3) is 0.385. The van der Waals surface area contributed by atoms with Gasteiger partial charge < -0.3 is 20.1 Å². The topological polar surface area (TPSA) is 57.4 Å². The molecule has 2 aromatic rings. The molecule has 0 aliphatic heterocycles. The molecular weight excluding hydrogens is 216 g/mol. The van der Waals surface area contributed by atoms with Crippen molar-refractivity contribution in [3.05, 3.63) is 36.5 Å². The van der Waals surface area contributed by atoms with E-state index in [1.807, 2.05) is 35.0 Å². The minimum absolute atomic E-state index is 0.0964. The molecule has 1 aromatic heterocycles. The highest BCUT2D eigenvalue weighted by Crippen LogP contribution is 2.15. The van der Waals surface area contributed by atoms with E-state index in [2.05, 4.69) is 11.4 Å². The van der Waals surface area contributed by atoms with Crippen molar-refractivity contribution < 1.29 is 10.2 Å². The molecule has 3 N–H and O–H groups in total. The number of para-hydroxylation sites is 1. The van der Waals surface area contributed by atoms with Crippen LogP contribution in [0, 0.1) is 0 Å². The zero-order valence-electron chi connectivity index (χ0n) is 9.71. The Balaban J connectivity index is 1.98. The van der Waals surface area contributed by atoms with E-state index in [1.165, 1.54) is 5.39 Å². The lowest BCUT2D eigenvalue weighted by molar-refractivity contribution is 0.150. The van der Waals surface area contributed by atoms with Crippen LogP contribution < -0.4 is 5.32 Å². The maximum atomic E-state index is 9.84. The van der Waals surface area contributed by atoms with Crippen molar-refractivity contribution in [3.8, 4) is 0 Å². The van der Waals surface area contributed by atoms with Gasteiger partial charge in [-0.15, -0.1) is 0 Å². The van der Waals surface area contributed by atoms with E-state index < -0.39 is 6.10 Å². The Kier molecular flexibility index (Phi) is 4.14. The number of rotatable bonds is 6. The van der Waals surface area contributed by atoms with Gasteiger partial charge in [0, 0.05) is 31.3 Å². The average Bonchev–Trinajstić information content (AvgIpc) is 2.73. The first-order valence-corrected chi connectivity index (χ1v) is 5.85. The Hall–Kier alpha value is -1.36. The average molecular weight is 234 g/mol. The molecule has 92 valence electrons. The lowest BCUT2D eigenvalue weighted by Gasteiger charge is -2.13. The van der Waals surface area contributed by atoms with Crippen LogP contribution in [0.15, 0.2) is 36.5 Å². The van der Waals surface area contributed by atoms with Crippen LogP contribution in [0.3, 0.4) is 0 Å². The number of aromatic nitrogens is 1. The third-order valence-corrected chi connectivity index (χ3v) is 2.76. The summed E-state index contributed by atoms with van der Waals surface area (Å²) in [6.07, 6.45) is 1.54. The second-order valence-electron chi connectivity index (χ2n) is 4.11. The maximum Gasteiger partial charge on any atom is 0.0843 e. The summed E-state index contributed by atoms with van der Waals surface area (Å²) in [6, 6.07) is 10.1. The Morgan fingerprint density at radius 2 is 2.06 bits per heavy atom. The Morgan fingerprint density at radius 1 is 1.24 bits per heavy atom. The monoisotopic (exact) mass is 234 g/mol. The van der Waals surface area contributed by atoms with Gasteiger partial charge in [0.25, 0.3) is 0 Å². The first-order valence-electron chi connectivity index (χ1n) is 5.85. The number of aliphatic hydroxyl groups is 2. The summed E-state index contributed by atoms with van der Waals surface area (Å²) >= 11 is 0. The van der Waals surface area contributed by atoms with Crippen LogP contribution in [0.4, 0.5) is 0 Å². The summed E-state index contributed by atoms with van der Waals surface area (Å²) < 4.78 is 2.04. The van der Waals surface area contributed by atoms with Gasteiger partial charge in [0.15, 0.2) is 0 Å². The molecule has 0 saturated heterocycles. The van der Waals surface area contributed by atoms with E-state index in [4.69, 9.17) is 5.11 Å². The van der Waals surface area contributed by atoms with E-state index in [-0.39, 0.29) is 6.61 Å². The minimum atomic E-state index is -0.447. The molecule has 1 atom stereocenters. The highest BCUT2D eigenvalue weighted by molar-refractivity contribution is 5.79. The lowest BCUT2D eigenvalue weighted by atomic mass is 10.2. The number of aliphatic hydroxyl groups excluding tert-OH is 2. The first kappa shape index (κ1) is 12.1. The Morgan fingerprint density at radius 3 is 2.88 bits per heavy atom. The zero-order valence-corrected chi connectivity index (χ0v) is 9.71. The van der Waals surface area contributed by atoms with E-state index in [1.54, 1.807) is 0 Å². The summed E-state index contributed by atoms with van der Waals surface area (Å²) in [7, 11) is 0. The molecule has 0 unspecified atom stereocenters. The predicted octanol–water partition coefficient (Wildman–Crippen LogP) is 0.584. The van der Waals surface area contributed by atoms with Crippen molar-refractivity contribution in [2.24, 2.45) is 0 Å². The molecule has 0 fully saturated rings. The fourth-order valence-electron chi connectivity index (χ4n) is 1.94. The van der Waals surface area contributed by atoms with E-state index >= 15 is 0 Å². The SMILES string of the molecule is OCCNC[C@H](O)Cn1ccc2ccccc21. The molecule has 0 bridgehead atoms. The maximum absolute atomic E-state index is 9.84. The summed E-state index contributed by atoms with van der Waals surface area (Å²) in [4.78, 5) is 0. The van der Waals surface area contributed by atoms with Crippen LogP contribution in [-0.2, 0) is 6.54 Å². The van der Waals surface area contributed by atoms with Gasteiger partial charge in [0.05, 0.1) is 12.7 Å². The third kappa shape index (κ3) is 3.06. The van der Waals surface area contributed by atoms with Crippen LogP contribution >= 0.6 is 0 Å². The molecule has 1 heterocycles. The molecular formula is C13H18N2O2. The van der Waals surface area contributed by atoms with Crippen molar-refractivity contribution in [2.75, 3.05) is 19.7 Å². The number of hydrogen-bond donors (Lipinski definition) is 3. The van der Waals surface area contributed by atoms with E-state index in [0.717, 1.165) is 5.52 Å². The largest absolute Gasteiger partial charge is 0.395 e. The molecule has 17 heavy (non-hydrogen) atoms. The number of fused-ring (bicyclic) bond motifs is 1. The second kappa shape index (κ2) is 5.82. The van der Waals surface area contributed by atoms with Crippen molar-refractivity contribution in [3.63, 3.8) is 0 Å². The zero-order chi connectivity index (χ0) is 12.1. The van der Waals surface area contributed by atoms with Gasteiger partial charge in [-0.3, -0.25) is 0 Å². The van der Waals surface area contributed by atoms with Crippen molar-refractivity contribution in [1.29, 1.82) is 0 Å². The second-order valence-corrected chi connectivity index (χ2v) is 4.11. The Bertz CT molecular complexity index is 467. The van der Waals surface area contributed by atoms with Crippen LogP contribution in [0.25, 0.3) is 10.9 Å². The summed E-state index contributed by atoms with van der Waals surface area (Å²) in [5.74, 6) is 0. The highest BCUT2D eigenvalue weighted by atomic mass is 16.3. The molecule has 0 amide bonds. The number of nitrogens with one attached hydrogen (secondary N) is 1. The highest BCUT2D eigenvalue weighted by Gasteiger charge is 2.06. The van der Waals surface area contributed by atoms with E-state index in [0.29, 0.717) is 19.6 Å². The summed E-state index contributed by atoms with van der Waals surface area (Å²) in [6.45, 7) is 1.67. The summed E-state index contributed by atoms with van der Waals surface area (Å²) in [5, 5.41) is 22.6. The third-order valence-electron chi connectivity index (χ3n) is 2.76. The molecule has 4 nitrogen and oxygen atoms in total. The van der Waals surface area contributed by atoms with Crippen LogP contribution in [0.5, 0.6) is 0 Å². The minimum Gasteiger partial charge on any atom is -0.395 e. The number of benzene rings is 1. The molecule has 0 radical (unpaired) electrons. The van der Waals surface area contributed by atoms with Crippen molar-refractivity contribution >= 4 is 10.9 Å². The predicted molar refractivity (Wildman–Crippen MR) is 67.9 cm³/mol. The molecule has 0 spiro atoms. The van der Waals surface area contributed by atoms with Gasteiger partial charge in [-0.05, 0) is 17.5 Å². The molecule has 0 saturated carbocycles. The van der Waals surface area contributed by atoms with Crippen LogP contribution in [0.2, 0.25) is 0 Å². The molecule has 1 aromatic carbocycles. The van der Waals surface area contributed by atoms with Gasteiger partial charge in [0.2, 0.25) is 0 Å². The molecule has 2 rings (SSSR count). The molecule has 0 aliphatic rings. The standard InChI is InChI=1S/C13H18N2O2/c16-8-6-14-9-12(17)10-15-7-5-11-3-1-2-4-13(11)15/h1-5,7,12,14,16-17H,6,8-10H2/t12-/m0/s1.